The van der Waals surface area contributed by atoms with Crippen LogP contribution in [0.3, 0.4) is 0 Å². The lowest BCUT2D eigenvalue weighted by Gasteiger charge is -2.23. The summed E-state index contributed by atoms with van der Waals surface area (Å²) >= 11 is 0. The van der Waals surface area contributed by atoms with Crippen LogP contribution < -0.4 is 4.72 Å². The molecule has 2 unspecified atom stereocenters. The van der Waals surface area contributed by atoms with Crippen LogP contribution in [-0.4, -0.2) is 56.3 Å². The lowest BCUT2D eigenvalue weighted by atomic mass is 10.2. The first-order valence-electron chi connectivity index (χ1n) is 6.13. The standard InChI is InChI=1S/C10H20N2O4S/c13-10-8-16-7-9(10)11-17(14,15)12-5-3-1-2-4-6-12/h9-11,13H,1-8H2. The Labute approximate surface area is 102 Å². The molecule has 0 spiro atoms. The Morgan fingerprint density at radius 2 is 1.76 bits per heavy atom. The van der Waals surface area contributed by atoms with Crippen molar-refractivity contribution in [3.63, 3.8) is 0 Å². The first-order chi connectivity index (χ1) is 8.09. The zero-order chi connectivity index (χ0) is 12.3. The fourth-order valence-corrected chi connectivity index (χ4v) is 3.70. The van der Waals surface area contributed by atoms with E-state index in [1.165, 1.54) is 4.31 Å². The van der Waals surface area contributed by atoms with E-state index >= 15 is 0 Å². The molecule has 0 amide bonds. The lowest BCUT2D eigenvalue weighted by Crippen LogP contribution is -2.49. The maximum atomic E-state index is 12.1. The molecule has 2 atom stereocenters. The van der Waals surface area contributed by atoms with Crippen molar-refractivity contribution in [2.24, 2.45) is 0 Å². The van der Waals surface area contributed by atoms with Gasteiger partial charge in [0.05, 0.1) is 25.4 Å². The van der Waals surface area contributed by atoms with Crippen LogP contribution in [0.15, 0.2) is 0 Å². The number of hydrogen-bond donors (Lipinski definition) is 2. The van der Waals surface area contributed by atoms with Gasteiger partial charge in [-0.05, 0) is 12.8 Å². The number of nitrogens with zero attached hydrogens (tertiary/aromatic N) is 1. The predicted octanol–water partition coefficient (Wildman–Crippen LogP) is -0.543. The highest BCUT2D eigenvalue weighted by Gasteiger charge is 2.32. The second-order valence-corrected chi connectivity index (χ2v) is 6.35. The summed E-state index contributed by atoms with van der Waals surface area (Å²) in [6.07, 6.45) is 3.24. The zero-order valence-electron chi connectivity index (χ0n) is 9.84. The predicted molar refractivity (Wildman–Crippen MR) is 62.7 cm³/mol. The molecule has 2 aliphatic heterocycles. The smallest absolute Gasteiger partial charge is 0.279 e. The van der Waals surface area contributed by atoms with Crippen LogP contribution in [0.25, 0.3) is 0 Å². The Kier molecular flexibility index (Phi) is 4.37. The molecule has 2 rings (SSSR count). The Balaban J connectivity index is 1.97. The average Bonchev–Trinajstić information content (AvgIpc) is 2.58. The molecule has 0 aromatic heterocycles. The molecular weight excluding hydrogens is 244 g/mol. The third kappa shape index (κ3) is 3.38. The van der Waals surface area contributed by atoms with Crippen molar-refractivity contribution in [1.82, 2.24) is 9.03 Å². The number of ether oxygens (including phenoxy) is 1. The summed E-state index contributed by atoms with van der Waals surface area (Å²) in [6, 6.07) is -0.511. The van der Waals surface area contributed by atoms with Crippen molar-refractivity contribution >= 4 is 10.2 Å². The normalized spacial score (nSPS) is 32.5. The quantitative estimate of drug-likeness (QED) is 0.717. The minimum Gasteiger partial charge on any atom is -0.389 e. The molecule has 0 aromatic carbocycles. The molecule has 6 nitrogen and oxygen atoms in total. The van der Waals surface area contributed by atoms with E-state index in [4.69, 9.17) is 4.74 Å². The molecular formula is C10H20N2O4S. The molecule has 100 valence electrons. The molecule has 2 heterocycles. The fourth-order valence-electron chi connectivity index (χ4n) is 2.20. The van der Waals surface area contributed by atoms with E-state index < -0.39 is 22.4 Å². The summed E-state index contributed by atoms with van der Waals surface area (Å²) in [5.41, 5.74) is 0. The number of hydrogen-bond acceptors (Lipinski definition) is 4. The first kappa shape index (κ1) is 13.2. The van der Waals surface area contributed by atoms with Gasteiger partial charge in [-0.1, -0.05) is 12.8 Å². The van der Waals surface area contributed by atoms with Crippen LogP contribution in [0.4, 0.5) is 0 Å². The van der Waals surface area contributed by atoms with Gasteiger partial charge < -0.3 is 9.84 Å². The highest BCUT2D eigenvalue weighted by atomic mass is 32.2. The minimum atomic E-state index is -3.48. The SMILES string of the molecule is O=S(=O)(NC1COCC1O)N1CCCCCC1. The molecule has 2 fully saturated rings. The molecule has 2 N–H and O–H groups in total. The van der Waals surface area contributed by atoms with Gasteiger partial charge in [-0.2, -0.15) is 17.4 Å². The van der Waals surface area contributed by atoms with Gasteiger partial charge in [-0.3, -0.25) is 0 Å². The molecule has 0 saturated carbocycles. The van der Waals surface area contributed by atoms with Gasteiger partial charge in [0.1, 0.15) is 0 Å². The van der Waals surface area contributed by atoms with Gasteiger partial charge in [-0.25, -0.2) is 0 Å². The first-order valence-corrected chi connectivity index (χ1v) is 7.57. The maximum absolute atomic E-state index is 12.1. The molecule has 7 heteroatoms. The van der Waals surface area contributed by atoms with E-state index in [0.717, 1.165) is 25.7 Å². The maximum Gasteiger partial charge on any atom is 0.279 e. The Bertz CT molecular complexity index is 338. The number of rotatable bonds is 3. The average molecular weight is 264 g/mol. The molecule has 2 aliphatic rings. The highest BCUT2D eigenvalue weighted by Crippen LogP contribution is 2.14. The number of nitrogens with one attached hydrogen (secondary N) is 1. The summed E-state index contributed by atoms with van der Waals surface area (Å²) in [5, 5.41) is 9.54. The second kappa shape index (κ2) is 5.62. The summed E-state index contributed by atoms with van der Waals surface area (Å²) in [6.45, 7) is 1.58. The van der Waals surface area contributed by atoms with Crippen molar-refractivity contribution in [3.05, 3.63) is 0 Å². The van der Waals surface area contributed by atoms with E-state index in [9.17, 15) is 13.5 Å². The van der Waals surface area contributed by atoms with Crippen LogP contribution in [-0.2, 0) is 14.9 Å². The van der Waals surface area contributed by atoms with E-state index in [1.54, 1.807) is 0 Å². The van der Waals surface area contributed by atoms with Crippen molar-refractivity contribution in [2.75, 3.05) is 26.3 Å². The van der Waals surface area contributed by atoms with Gasteiger partial charge in [-0.15, -0.1) is 0 Å². The Morgan fingerprint density at radius 1 is 1.12 bits per heavy atom. The zero-order valence-corrected chi connectivity index (χ0v) is 10.7. The van der Waals surface area contributed by atoms with Gasteiger partial charge in [0.2, 0.25) is 0 Å². The van der Waals surface area contributed by atoms with Gasteiger partial charge in [0.25, 0.3) is 10.2 Å². The summed E-state index contributed by atoms with van der Waals surface area (Å²) in [7, 11) is -3.48. The third-order valence-electron chi connectivity index (χ3n) is 3.26. The van der Waals surface area contributed by atoms with Crippen LogP contribution >= 0.6 is 0 Å². The second-order valence-electron chi connectivity index (χ2n) is 4.65. The van der Waals surface area contributed by atoms with Crippen LogP contribution in [0, 0.1) is 0 Å². The molecule has 0 aliphatic carbocycles. The number of aliphatic hydroxyl groups excluding tert-OH is 1. The third-order valence-corrected chi connectivity index (χ3v) is 4.90. The molecule has 0 bridgehead atoms. The van der Waals surface area contributed by atoms with E-state index in [1.807, 2.05) is 0 Å². The van der Waals surface area contributed by atoms with Crippen molar-refractivity contribution < 1.29 is 18.3 Å². The molecule has 0 aromatic rings. The van der Waals surface area contributed by atoms with E-state index in [2.05, 4.69) is 4.72 Å². The minimum absolute atomic E-state index is 0.202. The topological polar surface area (TPSA) is 78.9 Å². The Morgan fingerprint density at radius 3 is 2.29 bits per heavy atom. The van der Waals surface area contributed by atoms with Crippen molar-refractivity contribution in [1.29, 1.82) is 0 Å². The largest absolute Gasteiger partial charge is 0.389 e. The lowest BCUT2D eigenvalue weighted by molar-refractivity contribution is 0.124. The van der Waals surface area contributed by atoms with Gasteiger partial charge in [0, 0.05) is 13.1 Å². The fraction of sp³-hybridized carbons (Fsp3) is 1.00. The van der Waals surface area contributed by atoms with E-state index in [0.29, 0.717) is 13.1 Å². The molecule has 2 saturated heterocycles. The van der Waals surface area contributed by atoms with Crippen LogP contribution in [0.1, 0.15) is 25.7 Å². The summed E-state index contributed by atoms with van der Waals surface area (Å²) in [4.78, 5) is 0. The Hall–Kier alpha value is -0.210. The van der Waals surface area contributed by atoms with Crippen molar-refractivity contribution in [3.8, 4) is 0 Å². The van der Waals surface area contributed by atoms with Gasteiger partial charge in [0.15, 0.2) is 0 Å². The van der Waals surface area contributed by atoms with Crippen LogP contribution in [0.2, 0.25) is 0 Å². The van der Waals surface area contributed by atoms with Gasteiger partial charge >= 0.3 is 0 Å². The molecule has 0 radical (unpaired) electrons. The van der Waals surface area contributed by atoms with Crippen LogP contribution in [0.5, 0.6) is 0 Å². The number of aliphatic hydroxyl groups is 1. The highest BCUT2D eigenvalue weighted by molar-refractivity contribution is 7.87. The summed E-state index contributed by atoms with van der Waals surface area (Å²) in [5.74, 6) is 0. The molecule has 17 heavy (non-hydrogen) atoms. The monoisotopic (exact) mass is 264 g/mol. The van der Waals surface area contributed by atoms with Crippen molar-refractivity contribution in [2.45, 2.75) is 37.8 Å². The summed E-state index contributed by atoms with van der Waals surface area (Å²) < 4.78 is 33.2. The van der Waals surface area contributed by atoms with E-state index in [-0.39, 0.29) is 13.2 Å².